The van der Waals surface area contributed by atoms with Crippen LogP contribution in [0.1, 0.15) is 14.5 Å². The molecule has 2 rings (SSSR count). The number of carbonyl (C=O) groups excluding carboxylic acids is 1. The number of amides is 1. The maximum atomic E-state index is 12.0. The summed E-state index contributed by atoms with van der Waals surface area (Å²) in [5, 5.41) is 12.1. The lowest BCUT2D eigenvalue weighted by Gasteiger charge is -2.20. The van der Waals surface area contributed by atoms with Crippen LogP contribution < -0.4 is 5.32 Å². The normalized spacial score (nSPS) is 18.5. The number of hydrogen-bond acceptors (Lipinski definition) is 5. The van der Waals surface area contributed by atoms with Crippen LogP contribution in [0, 0.1) is 11.8 Å². The lowest BCUT2D eigenvalue weighted by molar-refractivity contribution is 0.0958. The van der Waals surface area contributed by atoms with Crippen molar-refractivity contribution in [2.24, 2.45) is 0 Å². The zero-order chi connectivity index (χ0) is 13.5. The second kappa shape index (κ2) is 7.85. The maximum absolute atomic E-state index is 12.0. The fraction of sp³-hybridized carbons (Fsp3) is 0.462. The molecule has 0 radical (unpaired) electrons. The van der Waals surface area contributed by atoms with Gasteiger partial charge in [0.15, 0.2) is 0 Å². The monoisotopic (exact) mass is 313 g/mol. The van der Waals surface area contributed by atoms with Crippen molar-refractivity contribution in [3.05, 3.63) is 21.9 Å². The molecule has 0 aromatic carbocycles. The van der Waals surface area contributed by atoms with Crippen molar-refractivity contribution in [2.45, 2.75) is 5.25 Å². The minimum absolute atomic E-state index is 0.0294. The molecule has 102 valence electrons. The molecule has 0 spiro atoms. The van der Waals surface area contributed by atoms with Gasteiger partial charge in [0, 0.05) is 29.1 Å². The first-order chi connectivity index (χ1) is 9.29. The second-order valence-corrected chi connectivity index (χ2v) is 7.54. The van der Waals surface area contributed by atoms with Gasteiger partial charge in [0.25, 0.3) is 5.91 Å². The molecule has 3 nitrogen and oxygen atoms in total. The third-order valence-corrected chi connectivity index (χ3v) is 6.34. The van der Waals surface area contributed by atoms with E-state index in [1.54, 1.807) is 6.07 Å². The Morgan fingerprint density at radius 3 is 3.11 bits per heavy atom. The molecule has 0 saturated carbocycles. The average molecular weight is 313 g/mol. The standard InChI is InChI=1S/C13H15NO2S3/c15-5-1-2-10-3-4-12(19-10)13(16)14-8-11-9-17-6-7-18-11/h3-4,11,15H,5-9H2,(H,14,16). The van der Waals surface area contributed by atoms with Gasteiger partial charge >= 0.3 is 0 Å². The Balaban J connectivity index is 1.83. The molecule has 2 N–H and O–H groups in total. The first kappa shape index (κ1) is 14.8. The van der Waals surface area contributed by atoms with E-state index in [1.165, 1.54) is 22.8 Å². The Kier molecular flexibility index (Phi) is 6.11. The van der Waals surface area contributed by atoms with Crippen molar-refractivity contribution >= 4 is 40.8 Å². The first-order valence-electron chi connectivity index (χ1n) is 5.96. The van der Waals surface area contributed by atoms with Crippen LogP contribution in [-0.2, 0) is 0 Å². The Labute approximate surface area is 125 Å². The van der Waals surface area contributed by atoms with Crippen molar-refractivity contribution in [3.8, 4) is 11.8 Å². The van der Waals surface area contributed by atoms with Crippen molar-refractivity contribution < 1.29 is 9.90 Å². The average Bonchev–Trinajstić information content (AvgIpc) is 2.92. The van der Waals surface area contributed by atoms with Crippen LogP contribution in [-0.4, -0.2) is 46.7 Å². The Morgan fingerprint density at radius 2 is 2.37 bits per heavy atom. The van der Waals surface area contributed by atoms with Gasteiger partial charge in [-0.2, -0.15) is 23.5 Å². The zero-order valence-electron chi connectivity index (χ0n) is 10.3. The molecule has 1 aliphatic rings. The minimum atomic E-state index is -0.157. The van der Waals surface area contributed by atoms with E-state index >= 15 is 0 Å². The van der Waals surface area contributed by atoms with Gasteiger partial charge in [0.2, 0.25) is 0 Å². The van der Waals surface area contributed by atoms with Gasteiger partial charge < -0.3 is 10.4 Å². The lowest BCUT2D eigenvalue weighted by Crippen LogP contribution is -2.33. The molecule has 1 aliphatic heterocycles. The van der Waals surface area contributed by atoms with Crippen LogP contribution in [0.15, 0.2) is 12.1 Å². The van der Waals surface area contributed by atoms with Crippen molar-refractivity contribution in [1.82, 2.24) is 5.32 Å². The molecule has 1 fully saturated rings. The second-order valence-electron chi connectivity index (χ2n) is 3.90. The third kappa shape index (κ3) is 4.77. The molecule has 1 aromatic rings. The van der Waals surface area contributed by atoms with Gasteiger partial charge in [-0.25, -0.2) is 0 Å². The molecular weight excluding hydrogens is 298 g/mol. The summed E-state index contributed by atoms with van der Waals surface area (Å²) in [4.78, 5) is 13.4. The third-order valence-electron chi connectivity index (χ3n) is 2.50. The van der Waals surface area contributed by atoms with E-state index in [4.69, 9.17) is 5.11 Å². The number of hydrogen-bond donors (Lipinski definition) is 2. The van der Waals surface area contributed by atoms with Gasteiger partial charge in [-0.3, -0.25) is 4.79 Å². The SMILES string of the molecule is O=C(NCC1CSCCS1)c1ccc(C#CCO)s1. The molecule has 1 amide bonds. The summed E-state index contributed by atoms with van der Waals surface area (Å²) in [6.07, 6.45) is 0. The van der Waals surface area contributed by atoms with Gasteiger partial charge in [0.1, 0.15) is 6.61 Å². The summed E-state index contributed by atoms with van der Waals surface area (Å²) in [5.74, 6) is 8.86. The van der Waals surface area contributed by atoms with Crippen LogP contribution in [0.5, 0.6) is 0 Å². The van der Waals surface area contributed by atoms with Crippen molar-refractivity contribution in [1.29, 1.82) is 0 Å². The molecule has 6 heteroatoms. The summed E-state index contributed by atoms with van der Waals surface area (Å²) >= 11 is 5.25. The van der Waals surface area contributed by atoms with E-state index in [1.807, 2.05) is 29.6 Å². The molecule has 2 heterocycles. The van der Waals surface area contributed by atoms with E-state index in [0.29, 0.717) is 10.1 Å². The number of nitrogens with one attached hydrogen (secondary N) is 1. The molecule has 0 aliphatic carbocycles. The van der Waals surface area contributed by atoms with Gasteiger partial charge in [0.05, 0.1) is 9.75 Å². The lowest BCUT2D eigenvalue weighted by atomic mass is 10.4. The Morgan fingerprint density at radius 1 is 1.47 bits per heavy atom. The van der Waals surface area contributed by atoms with Crippen molar-refractivity contribution in [2.75, 3.05) is 30.4 Å². The van der Waals surface area contributed by atoms with E-state index in [2.05, 4.69) is 17.2 Å². The molecule has 0 bridgehead atoms. The van der Waals surface area contributed by atoms with Crippen LogP contribution in [0.25, 0.3) is 0 Å². The quantitative estimate of drug-likeness (QED) is 0.834. The fourth-order valence-corrected chi connectivity index (χ4v) is 5.01. The molecule has 1 saturated heterocycles. The maximum Gasteiger partial charge on any atom is 0.261 e. The zero-order valence-corrected chi connectivity index (χ0v) is 12.8. The van der Waals surface area contributed by atoms with Crippen LogP contribution >= 0.6 is 34.9 Å². The molecule has 19 heavy (non-hydrogen) atoms. The van der Waals surface area contributed by atoms with Crippen LogP contribution in [0.2, 0.25) is 0 Å². The van der Waals surface area contributed by atoms with Crippen molar-refractivity contribution in [3.63, 3.8) is 0 Å². The highest BCUT2D eigenvalue weighted by Crippen LogP contribution is 2.23. The van der Waals surface area contributed by atoms with E-state index in [0.717, 1.165) is 17.2 Å². The highest BCUT2D eigenvalue weighted by molar-refractivity contribution is 8.06. The molecule has 1 unspecified atom stereocenters. The highest BCUT2D eigenvalue weighted by Gasteiger charge is 2.16. The largest absolute Gasteiger partial charge is 0.384 e. The number of carbonyl (C=O) groups is 1. The summed E-state index contributed by atoms with van der Waals surface area (Å²) in [5.41, 5.74) is 0. The summed E-state index contributed by atoms with van der Waals surface area (Å²) in [7, 11) is 0. The summed E-state index contributed by atoms with van der Waals surface area (Å²) in [6, 6.07) is 3.59. The van der Waals surface area contributed by atoms with Gasteiger partial charge in [-0.05, 0) is 12.1 Å². The Hall–Kier alpha value is -0.610. The molecule has 1 atom stereocenters. The Bertz CT molecular complexity index is 484. The van der Waals surface area contributed by atoms with Gasteiger partial charge in [-0.15, -0.1) is 11.3 Å². The predicted octanol–water partition coefficient (Wildman–Crippen LogP) is 1.67. The highest BCUT2D eigenvalue weighted by atomic mass is 32.2. The fourth-order valence-electron chi connectivity index (χ4n) is 1.60. The minimum Gasteiger partial charge on any atom is -0.384 e. The summed E-state index contributed by atoms with van der Waals surface area (Å²) < 4.78 is 0. The number of thioether (sulfide) groups is 2. The van der Waals surface area contributed by atoms with Crippen LogP contribution in [0.3, 0.4) is 0 Å². The van der Waals surface area contributed by atoms with E-state index < -0.39 is 0 Å². The summed E-state index contributed by atoms with van der Waals surface area (Å²) in [6.45, 7) is 0.571. The van der Waals surface area contributed by atoms with E-state index in [9.17, 15) is 4.79 Å². The number of aliphatic hydroxyl groups excluding tert-OH is 1. The molecular formula is C13H15NO2S3. The predicted molar refractivity (Wildman–Crippen MR) is 84.2 cm³/mol. The molecule has 1 aromatic heterocycles. The number of aliphatic hydroxyl groups is 1. The first-order valence-corrected chi connectivity index (χ1v) is 8.98. The van der Waals surface area contributed by atoms with Gasteiger partial charge in [-0.1, -0.05) is 11.8 Å². The number of rotatable bonds is 3. The smallest absolute Gasteiger partial charge is 0.261 e. The number of thiophene rings is 1. The topological polar surface area (TPSA) is 49.3 Å². The van der Waals surface area contributed by atoms with Crippen LogP contribution in [0.4, 0.5) is 0 Å². The van der Waals surface area contributed by atoms with E-state index in [-0.39, 0.29) is 12.5 Å².